The fourth-order valence-corrected chi connectivity index (χ4v) is 7.72. The fraction of sp³-hybridized carbons (Fsp3) is 0.571. The molecular weight excluding hydrogens is 382 g/mol. The summed E-state index contributed by atoms with van der Waals surface area (Å²) in [7, 11) is 1.73. The Morgan fingerprint density at radius 1 is 0.871 bits per heavy atom. The third-order valence-corrected chi connectivity index (χ3v) is 8.04. The molecule has 0 amide bonds. The minimum atomic E-state index is 0.316. The summed E-state index contributed by atoms with van der Waals surface area (Å²) in [4.78, 5) is 0. The lowest BCUT2D eigenvalue weighted by Gasteiger charge is -2.65. The van der Waals surface area contributed by atoms with Gasteiger partial charge in [0.2, 0.25) is 0 Å². The monoisotopic (exact) mass is 419 g/mol. The van der Waals surface area contributed by atoms with Crippen molar-refractivity contribution in [1.82, 2.24) is 5.32 Å². The summed E-state index contributed by atoms with van der Waals surface area (Å²) >= 11 is 0. The van der Waals surface area contributed by atoms with E-state index in [1.54, 1.807) is 7.11 Å². The van der Waals surface area contributed by atoms with Crippen LogP contribution >= 0.6 is 0 Å². The first kappa shape index (κ1) is 20.9. The highest BCUT2D eigenvalue weighted by atomic mass is 16.5. The lowest BCUT2D eigenvalue weighted by molar-refractivity contribution is -0.118. The van der Waals surface area contributed by atoms with Gasteiger partial charge in [0.1, 0.15) is 6.61 Å². The van der Waals surface area contributed by atoms with Crippen LogP contribution in [0.25, 0.3) is 0 Å². The van der Waals surface area contributed by atoms with Crippen LogP contribution in [-0.2, 0) is 13.2 Å². The molecule has 1 N–H and O–H groups in total. The van der Waals surface area contributed by atoms with Crippen LogP contribution in [0.2, 0.25) is 0 Å². The van der Waals surface area contributed by atoms with Gasteiger partial charge in [0.05, 0.1) is 7.11 Å². The van der Waals surface area contributed by atoms with Crippen LogP contribution in [0.3, 0.4) is 0 Å². The van der Waals surface area contributed by atoms with E-state index in [2.05, 4.69) is 68.6 Å². The van der Waals surface area contributed by atoms with Crippen LogP contribution < -0.4 is 14.8 Å². The first-order chi connectivity index (χ1) is 14.8. The molecule has 4 saturated carbocycles. The summed E-state index contributed by atoms with van der Waals surface area (Å²) in [6, 6.07) is 14.9. The van der Waals surface area contributed by atoms with Crippen LogP contribution in [0.4, 0.5) is 0 Å². The van der Waals surface area contributed by atoms with E-state index in [-0.39, 0.29) is 0 Å². The van der Waals surface area contributed by atoms with Crippen LogP contribution in [0.5, 0.6) is 11.5 Å². The molecule has 4 aliphatic rings. The second-order valence-corrected chi connectivity index (χ2v) is 11.5. The van der Waals surface area contributed by atoms with Crippen molar-refractivity contribution in [2.75, 3.05) is 7.11 Å². The largest absolute Gasteiger partial charge is 0.493 e. The Hall–Kier alpha value is -2.00. The van der Waals surface area contributed by atoms with E-state index in [9.17, 15) is 0 Å². The quantitative estimate of drug-likeness (QED) is 0.561. The summed E-state index contributed by atoms with van der Waals surface area (Å²) in [6.07, 6.45) is 8.31. The summed E-state index contributed by atoms with van der Waals surface area (Å²) in [5.74, 6) is 2.53. The van der Waals surface area contributed by atoms with Gasteiger partial charge in [-0.05, 0) is 85.5 Å². The van der Waals surface area contributed by atoms with Crippen molar-refractivity contribution in [2.24, 2.45) is 16.7 Å². The van der Waals surface area contributed by atoms with E-state index in [1.807, 2.05) is 0 Å². The zero-order chi connectivity index (χ0) is 21.7. The van der Waals surface area contributed by atoms with E-state index in [0.29, 0.717) is 23.0 Å². The van der Waals surface area contributed by atoms with Crippen LogP contribution in [0.15, 0.2) is 42.5 Å². The van der Waals surface area contributed by atoms with Gasteiger partial charge in [-0.1, -0.05) is 49.7 Å². The van der Waals surface area contributed by atoms with Gasteiger partial charge in [-0.2, -0.15) is 0 Å². The predicted molar refractivity (Wildman–Crippen MR) is 125 cm³/mol. The molecule has 4 aliphatic carbocycles. The molecule has 0 saturated heterocycles. The Morgan fingerprint density at radius 3 is 2.19 bits per heavy atom. The normalized spacial score (nSPS) is 33.5. The Kier molecular flexibility index (Phi) is 5.08. The van der Waals surface area contributed by atoms with Crippen molar-refractivity contribution in [3.05, 3.63) is 59.2 Å². The van der Waals surface area contributed by atoms with Crippen molar-refractivity contribution in [3.63, 3.8) is 0 Å². The minimum absolute atomic E-state index is 0.316. The number of nitrogens with one attached hydrogen (secondary N) is 1. The van der Waals surface area contributed by atoms with E-state index >= 15 is 0 Å². The van der Waals surface area contributed by atoms with Crippen molar-refractivity contribution in [1.29, 1.82) is 0 Å². The number of methoxy groups -OCH3 is 1. The molecule has 4 bridgehead atoms. The van der Waals surface area contributed by atoms with Crippen LogP contribution in [-0.4, -0.2) is 12.6 Å². The maximum atomic E-state index is 6.07. The Balaban J connectivity index is 1.26. The third-order valence-electron chi connectivity index (χ3n) is 8.04. The van der Waals surface area contributed by atoms with Crippen molar-refractivity contribution in [2.45, 2.75) is 78.0 Å². The molecule has 2 unspecified atom stereocenters. The highest BCUT2D eigenvalue weighted by Crippen LogP contribution is 2.66. The predicted octanol–water partition coefficient (Wildman–Crippen LogP) is 6.42. The fourth-order valence-electron chi connectivity index (χ4n) is 7.72. The molecule has 2 aromatic rings. The number of aryl methyl sites for hydroxylation is 1. The Morgan fingerprint density at radius 2 is 1.55 bits per heavy atom. The summed E-state index contributed by atoms with van der Waals surface area (Å²) < 4.78 is 11.7. The second kappa shape index (κ2) is 7.55. The third kappa shape index (κ3) is 4.22. The van der Waals surface area contributed by atoms with E-state index < -0.39 is 0 Å². The molecule has 2 atom stereocenters. The molecule has 0 heterocycles. The summed E-state index contributed by atoms with van der Waals surface area (Å²) in [5, 5.41) is 4.03. The zero-order valence-electron chi connectivity index (χ0n) is 19.6. The van der Waals surface area contributed by atoms with Gasteiger partial charge in [0.15, 0.2) is 11.5 Å². The van der Waals surface area contributed by atoms with Crippen LogP contribution in [0, 0.1) is 23.7 Å². The Labute approximate surface area is 187 Å². The molecule has 6 rings (SSSR count). The first-order valence-electron chi connectivity index (χ1n) is 11.9. The van der Waals surface area contributed by atoms with E-state index in [1.165, 1.54) is 55.2 Å². The van der Waals surface area contributed by atoms with Gasteiger partial charge < -0.3 is 14.8 Å². The van der Waals surface area contributed by atoms with E-state index in [4.69, 9.17) is 9.47 Å². The van der Waals surface area contributed by atoms with Gasteiger partial charge in [-0.15, -0.1) is 0 Å². The molecule has 166 valence electrons. The average Bonchev–Trinajstić information content (AvgIpc) is 2.69. The molecule has 0 radical (unpaired) electrons. The number of ether oxygens (including phenoxy) is 2. The van der Waals surface area contributed by atoms with Gasteiger partial charge in [0.25, 0.3) is 0 Å². The van der Waals surface area contributed by atoms with Crippen molar-refractivity contribution >= 4 is 0 Å². The number of hydrogen-bond donors (Lipinski definition) is 1. The van der Waals surface area contributed by atoms with Gasteiger partial charge in [0, 0.05) is 12.1 Å². The lowest BCUT2D eigenvalue weighted by atomic mass is 9.43. The van der Waals surface area contributed by atoms with E-state index in [0.717, 1.165) is 24.0 Å². The number of rotatable bonds is 7. The summed E-state index contributed by atoms with van der Waals surface area (Å²) in [6.45, 7) is 8.62. The topological polar surface area (TPSA) is 30.5 Å². The highest BCUT2D eigenvalue weighted by molar-refractivity contribution is 5.43. The molecule has 31 heavy (non-hydrogen) atoms. The van der Waals surface area contributed by atoms with Gasteiger partial charge >= 0.3 is 0 Å². The maximum absolute atomic E-state index is 6.07. The minimum Gasteiger partial charge on any atom is -0.493 e. The molecule has 0 aromatic heterocycles. The Bertz CT molecular complexity index is 932. The number of benzene rings is 2. The molecule has 3 nitrogen and oxygen atoms in total. The van der Waals surface area contributed by atoms with Crippen LogP contribution in [0.1, 0.15) is 69.1 Å². The van der Waals surface area contributed by atoms with Crippen molar-refractivity contribution < 1.29 is 9.47 Å². The standard InChI is InChI=1S/C28H37NO2/c1-20-5-7-21(8-6-20)16-31-24-10-9-22(11-25(24)30-4)15-29-28-14-23-12-26(2,18-28)17-27(3,13-23)19-28/h5-11,23,29H,12-19H2,1-4H3. The maximum Gasteiger partial charge on any atom is 0.161 e. The highest BCUT2D eigenvalue weighted by Gasteiger charge is 2.59. The molecule has 3 heteroatoms. The molecular formula is C28H37NO2. The van der Waals surface area contributed by atoms with Gasteiger partial charge in [-0.25, -0.2) is 0 Å². The molecule has 2 aromatic carbocycles. The summed E-state index contributed by atoms with van der Waals surface area (Å²) in [5.41, 5.74) is 5.09. The number of hydrogen-bond acceptors (Lipinski definition) is 3. The molecule has 0 spiro atoms. The zero-order valence-corrected chi connectivity index (χ0v) is 19.6. The average molecular weight is 420 g/mol. The second-order valence-electron chi connectivity index (χ2n) is 11.5. The molecule has 0 aliphatic heterocycles. The first-order valence-corrected chi connectivity index (χ1v) is 11.9. The van der Waals surface area contributed by atoms with Gasteiger partial charge in [-0.3, -0.25) is 0 Å². The lowest BCUT2D eigenvalue weighted by Crippen LogP contribution is -2.63. The SMILES string of the molecule is COc1cc(CNC23CC4CC(C)(CC(C)(C4)C2)C3)ccc1OCc1ccc(C)cc1. The van der Waals surface area contributed by atoms with Crippen molar-refractivity contribution in [3.8, 4) is 11.5 Å². The molecule has 4 fully saturated rings. The smallest absolute Gasteiger partial charge is 0.161 e.